The van der Waals surface area contributed by atoms with Crippen molar-refractivity contribution in [3.63, 3.8) is 0 Å². The number of amides is 2. The molecule has 4 rings (SSSR count). The van der Waals surface area contributed by atoms with Crippen LogP contribution in [0.15, 0.2) is 36.4 Å². The molecule has 140 valence electrons. The Morgan fingerprint density at radius 1 is 1.19 bits per heavy atom. The Bertz CT molecular complexity index is 950. The van der Waals surface area contributed by atoms with E-state index in [4.69, 9.17) is 0 Å². The summed E-state index contributed by atoms with van der Waals surface area (Å²) in [5, 5.41) is 8.39. The van der Waals surface area contributed by atoms with Gasteiger partial charge in [-0.15, -0.1) is 11.3 Å². The zero-order valence-corrected chi connectivity index (χ0v) is 16.3. The molecule has 6 nitrogen and oxygen atoms in total. The number of likely N-dealkylation sites (tertiary alicyclic amines) is 1. The maximum absolute atomic E-state index is 12.9. The standard InChI is InChI=1S/C20H22N4O2S/c1-13-16-12-17(27-20(16)23(2)22-13)19(26)24-10-8-14(9-11-24)18(25)21-15-6-4-3-5-7-15/h3-7,12,14H,8-11H2,1-2H3,(H,21,25). The number of benzene rings is 1. The highest BCUT2D eigenvalue weighted by Crippen LogP contribution is 2.29. The fourth-order valence-electron chi connectivity index (χ4n) is 3.58. The lowest BCUT2D eigenvalue weighted by molar-refractivity contribution is -0.121. The monoisotopic (exact) mass is 382 g/mol. The fourth-order valence-corrected chi connectivity index (χ4v) is 4.67. The number of aromatic nitrogens is 2. The highest BCUT2D eigenvalue weighted by atomic mass is 32.1. The second kappa shape index (κ2) is 7.15. The van der Waals surface area contributed by atoms with Crippen LogP contribution in [-0.2, 0) is 11.8 Å². The average Bonchev–Trinajstić information content (AvgIpc) is 3.24. The Balaban J connectivity index is 1.38. The van der Waals surface area contributed by atoms with Crippen LogP contribution in [-0.4, -0.2) is 39.6 Å². The molecule has 2 amide bonds. The Labute approximate surface area is 161 Å². The molecule has 2 aromatic heterocycles. The Morgan fingerprint density at radius 2 is 1.89 bits per heavy atom. The fraction of sp³-hybridized carbons (Fsp3) is 0.350. The van der Waals surface area contributed by atoms with Gasteiger partial charge in [-0.2, -0.15) is 5.10 Å². The highest BCUT2D eigenvalue weighted by Gasteiger charge is 2.29. The van der Waals surface area contributed by atoms with E-state index in [-0.39, 0.29) is 17.7 Å². The van der Waals surface area contributed by atoms with Crippen LogP contribution in [0.5, 0.6) is 0 Å². The number of piperidine rings is 1. The number of carbonyl (C=O) groups excluding carboxylic acids is 2. The van der Waals surface area contributed by atoms with E-state index in [1.54, 1.807) is 0 Å². The number of carbonyl (C=O) groups is 2. The van der Waals surface area contributed by atoms with Crippen molar-refractivity contribution in [2.45, 2.75) is 19.8 Å². The zero-order valence-electron chi connectivity index (χ0n) is 15.4. The Kier molecular flexibility index (Phi) is 4.70. The lowest BCUT2D eigenvalue weighted by Crippen LogP contribution is -2.41. The van der Waals surface area contributed by atoms with E-state index in [0.29, 0.717) is 25.9 Å². The average molecular weight is 382 g/mol. The molecule has 1 fully saturated rings. The molecule has 1 aliphatic rings. The first-order valence-corrected chi connectivity index (χ1v) is 9.93. The summed E-state index contributed by atoms with van der Waals surface area (Å²) < 4.78 is 1.83. The third-order valence-corrected chi connectivity index (χ3v) is 6.29. The predicted octanol–water partition coefficient (Wildman–Crippen LogP) is 3.43. The Hall–Kier alpha value is -2.67. The molecule has 0 radical (unpaired) electrons. The molecule has 7 heteroatoms. The molecule has 27 heavy (non-hydrogen) atoms. The van der Waals surface area contributed by atoms with Gasteiger partial charge in [0, 0.05) is 37.1 Å². The van der Waals surface area contributed by atoms with E-state index in [9.17, 15) is 9.59 Å². The summed E-state index contributed by atoms with van der Waals surface area (Å²) in [5.41, 5.74) is 1.76. The van der Waals surface area contributed by atoms with Gasteiger partial charge in [-0.3, -0.25) is 14.3 Å². The molecular formula is C20H22N4O2S. The maximum Gasteiger partial charge on any atom is 0.264 e. The van der Waals surface area contributed by atoms with E-state index in [1.165, 1.54) is 11.3 Å². The molecule has 3 heterocycles. The number of rotatable bonds is 3. The smallest absolute Gasteiger partial charge is 0.264 e. The van der Waals surface area contributed by atoms with Gasteiger partial charge >= 0.3 is 0 Å². The van der Waals surface area contributed by atoms with Gasteiger partial charge in [0.15, 0.2) is 0 Å². The van der Waals surface area contributed by atoms with E-state index in [1.807, 2.05) is 60.0 Å². The summed E-state index contributed by atoms with van der Waals surface area (Å²) >= 11 is 1.49. The summed E-state index contributed by atoms with van der Waals surface area (Å²) in [6, 6.07) is 11.4. The van der Waals surface area contributed by atoms with E-state index >= 15 is 0 Å². The van der Waals surface area contributed by atoms with Gasteiger partial charge in [0.1, 0.15) is 4.83 Å². The topological polar surface area (TPSA) is 67.2 Å². The quantitative estimate of drug-likeness (QED) is 0.755. The van der Waals surface area contributed by atoms with Crippen LogP contribution in [0.4, 0.5) is 5.69 Å². The van der Waals surface area contributed by atoms with Crippen molar-refractivity contribution < 1.29 is 9.59 Å². The normalized spacial score (nSPS) is 15.3. The molecule has 0 aliphatic carbocycles. The number of fused-ring (bicyclic) bond motifs is 1. The van der Waals surface area contributed by atoms with Gasteiger partial charge in [0.25, 0.3) is 5.91 Å². The number of nitrogens with zero attached hydrogens (tertiary/aromatic N) is 3. The largest absolute Gasteiger partial charge is 0.338 e. The van der Waals surface area contributed by atoms with E-state index in [0.717, 1.165) is 26.5 Å². The summed E-state index contributed by atoms with van der Waals surface area (Å²) in [7, 11) is 1.90. The van der Waals surface area contributed by atoms with Crippen LogP contribution >= 0.6 is 11.3 Å². The van der Waals surface area contributed by atoms with Crippen LogP contribution in [0.2, 0.25) is 0 Å². The molecule has 0 atom stereocenters. The van der Waals surface area contributed by atoms with Crippen molar-refractivity contribution in [1.82, 2.24) is 14.7 Å². The molecule has 1 N–H and O–H groups in total. The molecule has 1 aliphatic heterocycles. The number of thiophene rings is 1. The number of para-hydroxylation sites is 1. The predicted molar refractivity (Wildman–Crippen MR) is 107 cm³/mol. The third-order valence-electron chi connectivity index (χ3n) is 5.10. The highest BCUT2D eigenvalue weighted by molar-refractivity contribution is 7.20. The first-order valence-electron chi connectivity index (χ1n) is 9.11. The van der Waals surface area contributed by atoms with Crippen molar-refractivity contribution in [3.05, 3.63) is 47.0 Å². The van der Waals surface area contributed by atoms with Gasteiger partial charge in [-0.05, 0) is 38.0 Å². The van der Waals surface area contributed by atoms with Crippen molar-refractivity contribution in [2.75, 3.05) is 18.4 Å². The molecule has 1 saturated heterocycles. The maximum atomic E-state index is 12.9. The lowest BCUT2D eigenvalue weighted by Gasteiger charge is -2.31. The van der Waals surface area contributed by atoms with Crippen molar-refractivity contribution >= 4 is 39.1 Å². The van der Waals surface area contributed by atoms with Crippen molar-refractivity contribution in [3.8, 4) is 0 Å². The van der Waals surface area contributed by atoms with Crippen LogP contribution in [0.25, 0.3) is 10.2 Å². The van der Waals surface area contributed by atoms with Gasteiger partial charge in [-0.1, -0.05) is 18.2 Å². The summed E-state index contributed by atoms with van der Waals surface area (Å²) in [6.07, 6.45) is 1.38. The van der Waals surface area contributed by atoms with E-state index in [2.05, 4.69) is 10.4 Å². The molecule has 3 aromatic rings. The van der Waals surface area contributed by atoms with E-state index < -0.39 is 0 Å². The zero-order chi connectivity index (χ0) is 19.0. The number of hydrogen-bond donors (Lipinski definition) is 1. The first kappa shape index (κ1) is 17.7. The van der Waals surface area contributed by atoms with Gasteiger partial charge < -0.3 is 10.2 Å². The minimum absolute atomic E-state index is 0.0388. The van der Waals surface area contributed by atoms with Crippen molar-refractivity contribution in [2.24, 2.45) is 13.0 Å². The third kappa shape index (κ3) is 3.47. The minimum Gasteiger partial charge on any atom is -0.338 e. The second-order valence-electron chi connectivity index (χ2n) is 6.96. The summed E-state index contributed by atoms with van der Waals surface area (Å²) in [4.78, 5) is 28.9. The number of hydrogen-bond acceptors (Lipinski definition) is 4. The van der Waals surface area contributed by atoms with Crippen LogP contribution in [0.1, 0.15) is 28.2 Å². The second-order valence-corrected chi connectivity index (χ2v) is 7.99. The van der Waals surface area contributed by atoms with Crippen LogP contribution < -0.4 is 5.32 Å². The summed E-state index contributed by atoms with van der Waals surface area (Å²) in [5.74, 6) is 0.0393. The SMILES string of the molecule is Cc1nn(C)c2sc(C(=O)N3CCC(C(=O)Nc4ccccc4)CC3)cc12. The Morgan fingerprint density at radius 3 is 2.56 bits per heavy atom. The van der Waals surface area contributed by atoms with Crippen LogP contribution in [0.3, 0.4) is 0 Å². The minimum atomic E-state index is -0.0527. The van der Waals surface area contributed by atoms with Gasteiger partial charge in [0.05, 0.1) is 10.6 Å². The summed E-state index contributed by atoms with van der Waals surface area (Å²) in [6.45, 7) is 3.18. The molecular weight excluding hydrogens is 360 g/mol. The van der Waals surface area contributed by atoms with Crippen molar-refractivity contribution in [1.29, 1.82) is 0 Å². The number of nitrogens with one attached hydrogen (secondary N) is 1. The molecule has 1 aromatic carbocycles. The van der Waals surface area contributed by atoms with Crippen LogP contribution in [0, 0.1) is 12.8 Å². The molecule has 0 saturated carbocycles. The first-order chi connectivity index (χ1) is 13.0. The molecule has 0 unspecified atom stereocenters. The van der Waals surface area contributed by atoms with Gasteiger partial charge in [-0.25, -0.2) is 0 Å². The molecule has 0 bridgehead atoms. The lowest BCUT2D eigenvalue weighted by atomic mass is 9.95. The number of aryl methyl sites for hydroxylation is 2. The van der Waals surface area contributed by atoms with Gasteiger partial charge in [0.2, 0.25) is 5.91 Å². The number of anilines is 1. The molecule has 0 spiro atoms.